The molecular weight excluding hydrogens is 338 g/mol. The highest BCUT2D eigenvalue weighted by molar-refractivity contribution is 5.69. The van der Waals surface area contributed by atoms with Gasteiger partial charge in [0.25, 0.3) is 0 Å². The fraction of sp³-hybridized carbons (Fsp3) is 0.611. The van der Waals surface area contributed by atoms with Gasteiger partial charge in [0.2, 0.25) is 0 Å². The van der Waals surface area contributed by atoms with Crippen molar-refractivity contribution >= 4 is 17.5 Å². The molecule has 144 valence electrons. The Morgan fingerprint density at radius 1 is 1.31 bits per heavy atom. The highest BCUT2D eigenvalue weighted by Crippen LogP contribution is 2.33. The average Bonchev–Trinajstić information content (AvgIpc) is 2.52. The second kappa shape index (κ2) is 7.39. The summed E-state index contributed by atoms with van der Waals surface area (Å²) in [6.07, 6.45) is 1.07. The summed E-state index contributed by atoms with van der Waals surface area (Å²) in [7, 11) is 1.42. The molecule has 0 spiro atoms. The van der Waals surface area contributed by atoms with Crippen LogP contribution in [0.1, 0.15) is 40.5 Å². The number of rotatable bonds is 4. The summed E-state index contributed by atoms with van der Waals surface area (Å²) in [5.74, 6) is 0.243. The Morgan fingerprint density at radius 2 is 1.92 bits per heavy atom. The molecule has 1 N–H and O–H groups in total. The molecular formula is C18H27N3O5. The van der Waals surface area contributed by atoms with Gasteiger partial charge >= 0.3 is 11.8 Å². The van der Waals surface area contributed by atoms with Crippen LogP contribution in [0.15, 0.2) is 18.2 Å². The van der Waals surface area contributed by atoms with Crippen LogP contribution in [0.3, 0.4) is 0 Å². The minimum atomic E-state index is -0.531. The van der Waals surface area contributed by atoms with E-state index in [1.165, 1.54) is 13.2 Å². The van der Waals surface area contributed by atoms with Crippen LogP contribution in [0.4, 0.5) is 16.2 Å². The molecule has 0 unspecified atom stereocenters. The average molecular weight is 365 g/mol. The summed E-state index contributed by atoms with van der Waals surface area (Å²) in [4.78, 5) is 24.7. The summed E-state index contributed by atoms with van der Waals surface area (Å²) < 4.78 is 10.5. The number of hydrogen-bond donors (Lipinski definition) is 1. The number of ether oxygens (including phenoxy) is 2. The van der Waals surface area contributed by atoms with Crippen LogP contribution in [0.5, 0.6) is 5.75 Å². The first-order valence-corrected chi connectivity index (χ1v) is 8.61. The standard InChI is InChI=1S/C18H27N3O5/c1-17(2,3)26-16(22)19-18(4)8-10-20(11-9-18)13-6-7-14(21(23)24)15(12-13)25-5/h6-7,12H,8-11H2,1-5H3,(H,19,22). The van der Waals surface area contributed by atoms with E-state index in [2.05, 4.69) is 10.2 Å². The number of methoxy groups -OCH3 is 1. The summed E-state index contributed by atoms with van der Waals surface area (Å²) in [6, 6.07) is 4.87. The Morgan fingerprint density at radius 3 is 2.42 bits per heavy atom. The van der Waals surface area contributed by atoms with Gasteiger partial charge in [-0.2, -0.15) is 0 Å². The van der Waals surface area contributed by atoms with E-state index in [1.54, 1.807) is 12.1 Å². The normalized spacial score (nSPS) is 16.7. The summed E-state index contributed by atoms with van der Waals surface area (Å²) >= 11 is 0. The number of benzene rings is 1. The van der Waals surface area contributed by atoms with Crippen LogP contribution < -0.4 is 15.0 Å². The Balaban J connectivity index is 2.01. The van der Waals surface area contributed by atoms with Crippen molar-refractivity contribution in [1.82, 2.24) is 5.32 Å². The topological polar surface area (TPSA) is 93.9 Å². The first-order chi connectivity index (χ1) is 12.0. The smallest absolute Gasteiger partial charge is 0.408 e. The number of piperidine rings is 1. The third-order valence-electron chi connectivity index (χ3n) is 4.39. The number of amides is 1. The molecule has 26 heavy (non-hydrogen) atoms. The molecule has 1 saturated heterocycles. The summed E-state index contributed by atoms with van der Waals surface area (Å²) in [5, 5.41) is 14.0. The van der Waals surface area contributed by atoms with Gasteiger partial charge in [-0.3, -0.25) is 10.1 Å². The summed E-state index contributed by atoms with van der Waals surface area (Å²) in [6.45, 7) is 8.93. The molecule has 1 aromatic carbocycles. The van der Waals surface area contributed by atoms with Gasteiger partial charge in [0, 0.05) is 36.4 Å². The van der Waals surface area contributed by atoms with Crippen molar-refractivity contribution in [2.75, 3.05) is 25.1 Å². The fourth-order valence-electron chi connectivity index (χ4n) is 2.95. The SMILES string of the molecule is COc1cc(N2CCC(C)(NC(=O)OC(C)(C)C)CC2)ccc1[N+](=O)[O-]. The minimum Gasteiger partial charge on any atom is -0.490 e. The van der Waals surface area contributed by atoms with Gasteiger partial charge < -0.3 is 19.7 Å². The van der Waals surface area contributed by atoms with Crippen molar-refractivity contribution in [3.8, 4) is 5.75 Å². The van der Waals surface area contributed by atoms with Crippen molar-refractivity contribution in [1.29, 1.82) is 0 Å². The van der Waals surface area contributed by atoms with Gasteiger partial charge in [-0.1, -0.05) is 0 Å². The van der Waals surface area contributed by atoms with E-state index in [-0.39, 0.29) is 17.0 Å². The zero-order chi connectivity index (χ0) is 19.5. The number of nitro groups is 1. The lowest BCUT2D eigenvalue weighted by Gasteiger charge is -2.41. The zero-order valence-electron chi connectivity index (χ0n) is 16.0. The third-order valence-corrected chi connectivity index (χ3v) is 4.39. The second-order valence-corrected chi connectivity index (χ2v) is 7.79. The van der Waals surface area contributed by atoms with Gasteiger partial charge in [-0.25, -0.2) is 4.79 Å². The molecule has 0 atom stereocenters. The number of nitrogens with zero attached hydrogens (tertiary/aromatic N) is 2. The van der Waals surface area contributed by atoms with E-state index in [0.717, 1.165) is 18.5 Å². The van der Waals surface area contributed by atoms with E-state index in [4.69, 9.17) is 9.47 Å². The van der Waals surface area contributed by atoms with E-state index in [0.29, 0.717) is 13.1 Å². The molecule has 1 aromatic rings. The number of carbonyl (C=O) groups is 1. The molecule has 1 fully saturated rings. The minimum absolute atomic E-state index is 0.0512. The number of carbonyl (C=O) groups excluding carboxylic acids is 1. The molecule has 1 heterocycles. The lowest BCUT2D eigenvalue weighted by Crippen LogP contribution is -2.54. The van der Waals surface area contributed by atoms with E-state index < -0.39 is 16.6 Å². The molecule has 8 heteroatoms. The van der Waals surface area contributed by atoms with E-state index in [1.807, 2.05) is 27.7 Å². The number of anilines is 1. The molecule has 0 aromatic heterocycles. The van der Waals surface area contributed by atoms with Gasteiger partial charge in [0.05, 0.1) is 12.0 Å². The Kier molecular flexibility index (Phi) is 5.63. The molecule has 0 radical (unpaired) electrons. The number of alkyl carbamates (subject to hydrolysis) is 1. The number of nitro benzene ring substituents is 1. The quantitative estimate of drug-likeness (QED) is 0.648. The Bertz CT molecular complexity index is 676. The molecule has 0 bridgehead atoms. The van der Waals surface area contributed by atoms with Gasteiger partial charge in [0.15, 0.2) is 5.75 Å². The number of hydrogen-bond acceptors (Lipinski definition) is 6. The maximum absolute atomic E-state index is 12.0. The van der Waals surface area contributed by atoms with Gasteiger partial charge in [0.1, 0.15) is 5.60 Å². The van der Waals surface area contributed by atoms with E-state index >= 15 is 0 Å². The van der Waals surface area contributed by atoms with Crippen molar-refractivity contribution in [3.05, 3.63) is 28.3 Å². The van der Waals surface area contributed by atoms with Crippen molar-refractivity contribution in [3.63, 3.8) is 0 Å². The predicted molar refractivity (Wildman–Crippen MR) is 98.9 cm³/mol. The first kappa shape index (κ1) is 19.8. The highest BCUT2D eigenvalue weighted by Gasteiger charge is 2.33. The molecule has 1 amide bonds. The second-order valence-electron chi connectivity index (χ2n) is 7.79. The molecule has 0 aliphatic carbocycles. The molecule has 0 saturated carbocycles. The fourth-order valence-corrected chi connectivity index (χ4v) is 2.95. The maximum Gasteiger partial charge on any atom is 0.408 e. The van der Waals surface area contributed by atoms with Crippen molar-refractivity contribution in [2.24, 2.45) is 0 Å². The third kappa shape index (κ3) is 5.00. The largest absolute Gasteiger partial charge is 0.490 e. The molecule has 2 rings (SSSR count). The van der Waals surface area contributed by atoms with E-state index in [9.17, 15) is 14.9 Å². The lowest BCUT2D eigenvalue weighted by molar-refractivity contribution is -0.385. The van der Waals surface area contributed by atoms with Crippen LogP contribution in [-0.4, -0.2) is 42.4 Å². The van der Waals surface area contributed by atoms with Crippen molar-refractivity contribution < 1.29 is 19.2 Å². The monoisotopic (exact) mass is 365 g/mol. The first-order valence-electron chi connectivity index (χ1n) is 8.61. The van der Waals surface area contributed by atoms with Crippen LogP contribution >= 0.6 is 0 Å². The maximum atomic E-state index is 12.0. The lowest BCUT2D eigenvalue weighted by atomic mass is 9.89. The van der Waals surface area contributed by atoms with Gasteiger partial charge in [-0.05, 0) is 46.6 Å². The van der Waals surface area contributed by atoms with Crippen LogP contribution in [0.2, 0.25) is 0 Å². The Hall–Kier alpha value is -2.51. The zero-order valence-corrected chi connectivity index (χ0v) is 16.0. The van der Waals surface area contributed by atoms with Crippen molar-refractivity contribution in [2.45, 2.75) is 51.7 Å². The molecule has 1 aliphatic rings. The molecule has 8 nitrogen and oxygen atoms in total. The van der Waals surface area contributed by atoms with Gasteiger partial charge in [-0.15, -0.1) is 0 Å². The van der Waals surface area contributed by atoms with Crippen LogP contribution in [0, 0.1) is 10.1 Å². The highest BCUT2D eigenvalue weighted by atomic mass is 16.6. The number of nitrogens with one attached hydrogen (secondary N) is 1. The molecule has 1 aliphatic heterocycles. The van der Waals surface area contributed by atoms with Crippen LogP contribution in [0.25, 0.3) is 0 Å². The van der Waals surface area contributed by atoms with Crippen LogP contribution in [-0.2, 0) is 4.74 Å². The Labute approximate surface area is 153 Å². The summed E-state index contributed by atoms with van der Waals surface area (Å²) in [5.41, 5.74) is -0.0587. The predicted octanol–water partition coefficient (Wildman–Crippen LogP) is 3.49.